The molecule has 0 saturated carbocycles. The van der Waals surface area contributed by atoms with Gasteiger partial charge in [-0.05, 0) is 43.8 Å². The number of hydrogen-bond acceptors (Lipinski definition) is 5. The van der Waals surface area contributed by atoms with E-state index in [0.29, 0.717) is 24.5 Å². The number of nitrogens with zero attached hydrogens (tertiary/aromatic N) is 2. The number of aryl methyl sites for hydroxylation is 1. The van der Waals surface area contributed by atoms with E-state index in [4.69, 9.17) is 4.74 Å². The first-order valence-corrected chi connectivity index (χ1v) is 9.77. The van der Waals surface area contributed by atoms with Crippen molar-refractivity contribution in [3.05, 3.63) is 54.1 Å². The molecule has 2 N–H and O–H groups in total. The molecule has 2 amide bonds. The number of anilines is 2. The van der Waals surface area contributed by atoms with Gasteiger partial charge >= 0.3 is 0 Å². The first-order valence-electron chi connectivity index (χ1n) is 9.77. The summed E-state index contributed by atoms with van der Waals surface area (Å²) in [4.78, 5) is 28.3. The molecule has 2 aliphatic rings. The highest BCUT2D eigenvalue weighted by Crippen LogP contribution is 2.33. The van der Waals surface area contributed by atoms with Gasteiger partial charge in [0.1, 0.15) is 5.75 Å². The molecule has 152 valence electrons. The Bertz CT molecular complexity index is 918. The molecule has 7 nitrogen and oxygen atoms in total. The number of benzene rings is 2. The van der Waals surface area contributed by atoms with Crippen LogP contribution in [0.15, 0.2) is 48.5 Å². The van der Waals surface area contributed by atoms with Crippen LogP contribution >= 0.6 is 0 Å². The minimum Gasteiger partial charge on any atom is -0.495 e. The van der Waals surface area contributed by atoms with Crippen LogP contribution < -0.4 is 20.5 Å². The van der Waals surface area contributed by atoms with E-state index in [1.54, 1.807) is 12.1 Å². The minimum absolute atomic E-state index is 0.00122. The summed E-state index contributed by atoms with van der Waals surface area (Å²) in [7, 11) is 3.53. The van der Waals surface area contributed by atoms with Gasteiger partial charge in [0.15, 0.2) is 0 Å². The number of para-hydroxylation sites is 1. The van der Waals surface area contributed by atoms with Crippen LogP contribution in [0.2, 0.25) is 0 Å². The lowest BCUT2D eigenvalue weighted by Gasteiger charge is -2.36. The number of carbonyl (C=O) groups excluding carboxylic acids is 2. The molecule has 3 unspecified atom stereocenters. The molecule has 0 radical (unpaired) electrons. The minimum atomic E-state index is -0.373. The van der Waals surface area contributed by atoms with E-state index in [-0.39, 0.29) is 29.7 Å². The van der Waals surface area contributed by atoms with Gasteiger partial charge in [0.05, 0.1) is 36.4 Å². The van der Waals surface area contributed by atoms with E-state index in [1.165, 1.54) is 0 Å². The lowest BCUT2D eigenvalue weighted by atomic mass is 9.84. The number of fused-ring (bicyclic) bond motifs is 1. The molecular formula is C22H26N4O3. The van der Waals surface area contributed by atoms with Gasteiger partial charge < -0.3 is 15.0 Å². The van der Waals surface area contributed by atoms with Crippen LogP contribution in [-0.4, -0.2) is 50.0 Å². The topological polar surface area (TPSA) is 73.9 Å². The van der Waals surface area contributed by atoms with E-state index >= 15 is 0 Å². The van der Waals surface area contributed by atoms with Crippen molar-refractivity contribution in [3.63, 3.8) is 0 Å². The Morgan fingerprint density at radius 1 is 1.17 bits per heavy atom. The standard InChI is InChI=1S/C22H26N4O3/c1-14-9-10-19(29-3)18(11-14)23-21(27)16-12-25(2)13-17-20(16)24-26(22(17)28)15-7-5-4-6-8-15/h4-11,16-17,20,24H,12-13H2,1-3H3,(H,23,27). The molecular weight excluding hydrogens is 368 g/mol. The first kappa shape index (κ1) is 19.4. The number of hydrazine groups is 1. The average molecular weight is 394 g/mol. The van der Waals surface area contributed by atoms with Crippen molar-refractivity contribution >= 4 is 23.2 Å². The highest BCUT2D eigenvalue weighted by atomic mass is 16.5. The Balaban J connectivity index is 1.58. The number of carbonyl (C=O) groups is 2. The van der Waals surface area contributed by atoms with E-state index in [9.17, 15) is 9.59 Å². The smallest absolute Gasteiger partial charge is 0.247 e. The third-order valence-corrected chi connectivity index (χ3v) is 5.66. The van der Waals surface area contributed by atoms with Gasteiger partial charge in [-0.15, -0.1) is 0 Å². The summed E-state index contributed by atoms with van der Waals surface area (Å²) in [6.07, 6.45) is 0. The zero-order chi connectivity index (χ0) is 20.5. The Morgan fingerprint density at radius 3 is 2.66 bits per heavy atom. The predicted molar refractivity (Wildman–Crippen MR) is 112 cm³/mol. The van der Waals surface area contributed by atoms with Crippen LogP contribution in [0.25, 0.3) is 0 Å². The van der Waals surface area contributed by atoms with Crippen molar-refractivity contribution in [3.8, 4) is 5.75 Å². The molecule has 2 aromatic carbocycles. The van der Waals surface area contributed by atoms with Crippen molar-refractivity contribution in [2.75, 3.05) is 37.6 Å². The summed E-state index contributed by atoms with van der Waals surface area (Å²) in [5.74, 6) is -0.152. The Morgan fingerprint density at radius 2 is 1.93 bits per heavy atom. The van der Waals surface area contributed by atoms with Gasteiger partial charge in [-0.2, -0.15) is 0 Å². The summed E-state index contributed by atoms with van der Waals surface area (Å²) in [5, 5.41) is 4.60. The maximum Gasteiger partial charge on any atom is 0.247 e. The largest absolute Gasteiger partial charge is 0.495 e. The quantitative estimate of drug-likeness (QED) is 0.830. The van der Waals surface area contributed by atoms with E-state index in [0.717, 1.165) is 11.3 Å². The maximum atomic E-state index is 13.2. The van der Waals surface area contributed by atoms with E-state index in [2.05, 4.69) is 10.7 Å². The van der Waals surface area contributed by atoms with Gasteiger partial charge in [-0.1, -0.05) is 24.3 Å². The third-order valence-electron chi connectivity index (χ3n) is 5.66. The summed E-state index contributed by atoms with van der Waals surface area (Å²) >= 11 is 0. The second-order valence-corrected chi connectivity index (χ2v) is 7.79. The van der Waals surface area contributed by atoms with Crippen LogP contribution in [0.3, 0.4) is 0 Å². The Labute approximate surface area is 170 Å². The summed E-state index contributed by atoms with van der Waals surface area (Å²) in [6.45, 7) is 3.16. The molecule has 0 bridgehead atoms. The highest BCUT2D eigenvalue weighted by Gasteiger charge is 2.50. The first-order chi connectivity index (χ1) is 14.0. The molecule has 0 aliphatic carbocycles. The molecule has 29 heavy (non-hydrogen) atoms. The maximum absolute atomic E-state index is 13.2. The predicted octanol–water partition coefficient (Wildman–Crippen LogP) is 2.04. The monoisotopic (exact) mass is 394 g/mol. The van der Waals surface area contributed by atoms with Crippen LogP contribution in [0.4, 0.5) is 11.4 Å². The van der Waals surface area contributed by atoms with Crippen LogP contribution in [-0.2, 0) is 9.59 Å². The molecule has 2 fully saturated rings. The fourth-order valence-corrected chi connectivity index (χ4v) is 4.21. The summed E-state index contributed by atoms with van der Waals surface area (Å²) in [5.41, 5.74) is 5.76. The molecule has 3 atom stereocenters. The van der Waals surface area contributed by atoms with Crippen LogP contribution in [0, 0.1) is 18.8 Å². The normalized spacial score (nSPS) is 24.3. The Hall–Kier alpha value is -2.90. The zero-order valence-corrected chi connectivity index (χ0v) is 16.9. The summed E-state index contributed by atoms with van der Waals surface area (Å²) in [6, 6.07) is 14.9. The number of methoxy groups -OCH3 is 1. The lowest BCUT2D eigenvalue weighted by molar-refractivity contribution is -0.125. The molecule has 7 heteroatoms. The second-order valence-electron chi connectivity index (χ2n) is 7.79. The second kappa shape index (κ2) is 7.85. The van der Waals surface area contributed by atoms with E-state index < -0.39 is 0 Å². The van der Waals surface area contributed by atoms with Crippen LogP contribution in [0.1, 0.15) is 5.56 Å². The number of nitrogens with one attached hydrogen (secondary N) is 2. The number of piperidine rings is 1. The van der Waals surface area contributed by atoms with Gasteiger partial charge in [0, 0.05) is 13.1 Å². The molecule has 2 saturated heterocycles. The third kappa shape index (κ3) is 3.71. The summed E-state index contributed by atoms with van der Waals surface area (Å²) < 4.78 is 5.39. The van der Waals surface area contributed by atoms with Crippen molar-refractivity contribution in [2.24, 2.45) is 11.8 Å². The van der Waals surface area contributed by atoms with Crippen molar-refractivity contribution in [1.82, 2.24) is 10.3 Å². The molecule has 4 rings (SSSR count). The van der Waals surface area contributed by atoms with Crippen molar-refractivity contribution in [1.29, 1.82) is 0 Å². The molecule has 0 aromatic heterocycles. The van der Waals surface area contributed by atoms with Crippen molar-refractivity contribution < 1.29 is 14.3 Å². The number of hydrogen-bond donors (Lipinski definition) is 2. The lowest BCUT2D eigenvalue weighted by Crippen LogP contribution is -2.55. The SMILES string of the molecule is COc1ccc(C)cc1NC(=O)C1CN(C)CC2C(=O)N(c3ccccc3)NC12. The number of likely N-dealkylation sites (tertiary alicyclic amines) is 1. The zero-order valence-electron chi connectivity index (χ0n) is 16.9. The van der Waals surface area contributed by atoms with Gasteiger partial charge in [0.25, 0.3) is 0 Å². The fourth-order valence-electron chi connectivity index (χ4n) is 4.21. The highest BCUT2D eigenvalue weighted by molar-refractivity contribution is 6.00. The number of rotatable bonds is 4. The average Bonchev–Trinajstić information content (AvgIpc) is 3.05. The molecule has 0 spiro atoms. The van der Waals surface area contributed by atoms with Crippen molar-refractivity contribution in [2.45, 2.75) is 13.0 Å². The fraction of sp³-hybridized carbons (Fsp3) is 0.364. The Kier molecular flexibility index (Phi) is 5.25. The van der Waals surface area contributed by atoms with Crippen LogP contribution in [0.5, 0.6) is 5.75 Å². The molecule has 2 aromatic rings. The number of amides is 2. The van der Waals surface area contributed by atoms with E-state index in [1.807, 2.05) is 67.4 Å². The van der Waals surface area contributed by atoms with Gasteiger partial charge in [-0.3, -0.25) is 9.59 Å². The molecule has 2 aliphatic heterocycles. The van der Waals surface area contributed by atoms with Gasteiger partial charge in [0.2, 0.25) is 11.8 Å². The molecule has 2 heterocycles. The number of ether oxygens (including phenoxy) is 1. The van der Waals surface area contributed by atoms with Gasteiger partial charge in [-0.25, -0.2) is 10.4 Å².